The van der Waals surface area contributed by atoms with Crippen LogP contribution in [0.3, 0.4) is 0 Å². The first-order valence-corrected chi connectivity index (χ1v) is 6.83. The lowest BCUT2D eigenvalue weighted by molar-refractivity contribution is 0.597. The summed E-state index contributed by atoms with van der Waals surface area (Å²) in [5, 5.41) is 9.16. The summed E-state index contributed by atoms with van der Waals surface area (Å²) in [6, 6.07) is 8.76. The van der Waals surface area contributed by atoms with Crippen molar-refractivity contribution in [3.63, 3.8) is 0 Å². The third-order valence-electron chi connectivity index (χ3n) is 2.58. The van der Waals surface area contributed by atoms with Gasteiger partial charge in [0, 0.05) is 17.8 Å². The second-order valence-corrected chi connectivity index (χ2v) is 5.82. The molecule has 92 valence electrons. The molecule has 18 heavy (non-hydrogen) atoms. The van der Waals surface area contributed by atoms with Crippen molar-refractivity contribution in [2.75, 3.05) is 4.72 Å². The number of anilines is 1. The fraction of sp³-hybridized carbons (Fsp3) is 0.167. The molecule has 1 atom stereocenters. The third kappa shape index (κ3) is 2.26. The second-order valence-electron chi connectivity index (χ2n) is 3.82. The van der Waals surface area contributed by atoms with Crippen LogP contribution in [-0.4, -0.2) is 18.7 Å². The van der Waals surface area contributed by atoms with E-state index < -0.39 is 15.3 Å². The van der Waals surface area contributed by atoms with Crippen LogP contribution >= 0.6 is 0 Å². The van der Waals surface area contributed by atoms with E-state index in [-0.39, 0.29) is 0 Å². The predicted molar refractivity (Wildman–Crippen MR) is 69.4 cm³/mol. The average molecular weight is 261 g/mol. The molecule has 1 N–H and O–H groups in total. The summed E-state index contributed by atoms with van der Waals surface area (Å²) in [7, 11) is -3.69. The first-order chi connectivity index (χ1) is 8.54. The highest BCUT2D eigenvalue weighted by atomic mass is 32.2. The number of hydrogen-bond donors (Lipinski definition) is 1. The van der Waals surface area contributed by atoms with Gasteiger partial charge in [0.05, 0.1) is 11.8 Å². The minimum absolute atomic E-state index is 0.433. The van der Waals surface area contributed by atoms with Gasteiger partial charge in [-0.1, -0.05) is 12.1 Å². The molecule has 0 radical (unpaired) electrons. The number of hydrogen-bond acceptors (Lipinski definition) is 4. The van der Waals surface area contributed by atoms with Gasteiger partial charge < -0.3 is 0 Å². The maximum atomic E-state index is 11.8. The summed E-state index contributed by atoms with van der Waals surface area (Å²) < 4.78 is 26.1. The van der Waals surface area contributed by atoms with E-state index in [0.29, 0.717) is 11.1 Å². The molecule has 1 unspecified atom stereocenters. The lowest BCUT2D eigenvalue weighted by atomic mass is 10.1. The smallest absolute Gasteiger partial charge is 0.248 e. The van der Waals surface area contributed by atoms with Crippen molar-refractivity contribution in [3.05, 3.63) is 36.7 Å². The number of sulfonamides is 1. The highest BCUT2D eigenvalue weighted by molar-refractivity contribution is 7.93. The van der Waals surface area contributed by atoms with Gasteiger partial charge in [-0.15, -0.1) is 0 Å². The Hall–Kier alpha value is -2.13. The number of nitrogens with one attached hydrogen (secondary N) is 1. The van der Waals surface area contributed by atoms with Crippen molar-refractivity contribution >= 4 is 26.5 Å². The number of benzene rings is 1. The highest BCUT2D eigenvalue weighted by Crippen LogP contribution is 2.23. The SMILES string of the molecule is CC(C#N)S(=O)(=O)Nc1cccc2ccncc12. The zero-order chi connectivity index (χ0) is 13.2. The monoisotopic (exact) mass is 261 g/mol. The van der Waals surface area contributed by atoms with E-state index in [1.165, 1.54) is 6.92 Å². The lowest BCUT2D eigenvalue weighted by Gasteiger charge is -2.11. The van der Waals surface area contributed by atoms with E-state index in [4.69, 9.17) is 5.26 Å². The van der Waals surface area contributed by atoms with Crippen molar-refractivity contribution in [1.82, 2.24) is 4.98 Å². The molecule has 1 heterocycles. The van der Waals surface area contributed by atoms with Crippen molar-refractivity contribution in [2.45, 2.75) is 12.2 Å². The number of pyridine rings is 1. The van der Waals surface area contributed by atoms with Crippen molar-refractivity contribution in [1.29, 1.82) is 5.26 Å². The summed E-state index contributed by atoms with van der Waals surface area (Å²) in [4.78, 5) is 3.97. The van der Waals surface area contributed by atoms with Gasteiger partial charge in [0.2, 0.25) is 10.0 Å². The second kappa shape index (κ2) is 4.63. The quantitative estimate of drug-likeness (QED) is 0.914. The van der Waals surface area contributed by atoms with E-state index in [9.17, 15) is 8.42 Å². The van der Waals surface area contributed by atoms with E-state index in [1.807, 2.05) is 6.07 Å². The Morgan fingerprint density at radius 2 is 2.17 bits per heavy atom. The number of nitrogens with zero attached hydrogens (tertiary/aromatic N) is 2. The van der Waals surface area contributed by atoms with Crippen LogP contribution < -0.4 is 4.72 Å². The highest BCUT2D eigenvalue weighted by Gasteiger charge is 2.20. The number of nitriles is 1. The molecule has 1 aromatic carbocycles. The van der Waals surface area contributed by atoms with Gasteiger partial charge in [-0.05, 0) is 24.4 Å². The van der Waals surface area contributed by atoms with Crippen LogP contribution in [0.4, 0.5) is 5.69 Å². The van der Waals surface area contributed by atoms with Gasteiger partial charge in [0.1, 0.15) is 0 Å². The summed E-state index contributed by atoms with van der Waals surface area (Å²) in [6.07, 6.45) is 3.22. The molecular formula is C12H11N3O2S. The normalized spacial score (nSPS) is 12.9. The lowest BCUT2D eigenvalue weighted by Crippen LogP contribution is -2.23. The van der Waals surface area contributed by atoms with E-state index in [2.05, 4.69) is 9.71 Å². The summed E-state index contributed by atoms with van der Waals surface area (Å²) in [5.41, 5.74) is 0.433. The molecule has 0 saturated carbocycles. The fourth-order valence-electron chi connectivity index (χ4n) is 1.51. The first-order valence-electron chi connectivity index (χ1n) is 5.28. The van der Waals surface area contributed by atoms with Crippen LogP contribution in [0.5, 0.6) is 0 Å². The molecule has 0 aliphatic heterocycles. The molecular weight excluding hydrogens is 250 g/mol. The molecule has 0 bridgehead atoms. The number of aromatic nitrogens is 1. The van der Waals surface area contributed by atoms with Gasteiger partial charge in [-0.3, -0.25) is 9.71 Å². The molecule has 2 rings (SSSR count). The number of rotatable bonds is 3. The Kier molecular flexibility index (Phi) is 3.17. The molecule has 5 nitrogen and oxygen atoms in total. The fourth-order valence-corrected chi connectivity index (χ4v) is 2.31. The van der Waals surface area contributed by atoms with Crippen LogP contribution in [-0.2, 0) is 10.0 Å². The minimum atomic E-state index is -3.69. The van der Waals surface area contributed by atoms with Crippen LogP contribution in [0.15, 0.2) is 36.7 Å². The molecule has 0 fully saturated rings. The van der Waals surface area contributed by atoms with E-state index in [0.717, 1.165) is 5.39 Å². The molecule has 0 aliphatic carbocycles. The van der Waals surface area contributed by atoms with Crippen LogP contribution in [0.2, 0.25) is 0 Å². The molecule has 1 aromatic heterocycles. The predicted octanol–water partition coefficient (Wildman–Crippen LogP) is 1.89. The summed E-state index contributed by atoms with van der Waals surface area (Å²) in [5.74, 6) is 0. The van der Waals surface area contributed by atoms with Crippen molar-refractivity contribution < 1.29 is 8.42 Å². The van der Waals surface area contributed by atoms with Gasteiger partial charge >= 0.3 is 0 Å². The van der Waals surface area contributed by atoms with Crippen LogP contribution in [0, 0.1) is 11.3 Å². The molecule has 2 aromatic rings. The Morgan fingerprint density at radius 3 is 2.89 bits per heavy atom. The first kappa shape index (κ1) is 12.3. The Balaban J connectivity index is 2.48. The van der Waals surface area contributed by atoms with Gasteiger partial charge in [0.15, 0.2) is 5.25 Å². The van der Waals surface area contributed by atoms with E-state index >= 15 is 0 Å². The van der Waals surface area contributed by atoms with Gasteiger partial charge in [0.25, 0.3) is 0 Å². The largest absolute Gasteiger partial charge is 0.282 e. The van der Waals surface area contributed by atoms with Crippen molar-refractivity contribution in [2.24, 2.45) is 0 Å². The average Bonchev–Trinajstić information content (AvgIpc) is 2.38. The molecule has 0 amide bonds. The molecule has 0 spiro atoms. The topological polar surface area (TPSA) is 82.8 Å². The Bertz CT molecular complexity index is 714. The standard InChI is InChI=1S/C12H11N3O2S/c1-9(7-13)18(16,17)15-12-4-2-3-10-5-6-14-8-11(10)12/h2-6,8-9,15H,1H3. The van der Waals surface area contributed by atoms with Gasteiger partial charge in [-0.25, -0.2) is 8.42 Å². The Morgan fingerprint density at radius 1 is 1.39 bits per heavy atom. The maximum Gasteiger partial charge on any atom is 0.248 e. The summed E-state index contributed by atoms with van der Waals surface area (Å²) >= 11 is 0. The zero-order valence-electron chi connectivity index (χ0n) is 9.66. The summed E-state index contributed by atoms with van der Waals surface area (Å²) in [6.45, 7) is 1.34. The van der Waals surface area contributed by atoms with Gasteiger partial charge in [-0.2, -0.15) is 5.26 Å². The van der Waals surface area contributed by atoms with E-state index in [1.54, 1.807) is 36.7 Å². The molecule has 6 heteroatoms. The van der Waals surface area contributed by atoms with Crippen LogP contribution in [0.1, 0.15) is 6.92 Å². The maximum absolute atomic E-state index is 11.8. The minimum Gasteiger partial charge on any atom is -0.282 e. The van der Waals surface area contributed by atoms with Crippen LogP contribution in [0.25, 0.3) is 10.8 Å². The van der Waals surface area contributed by atoms with Crippen molar-refractivity contribution in [3.8, 4) is 6.07 Å². The molecule has 0 aliphatic rings. The zero-order valence-corrected chi connectivity index (χ0v) is 10.5. The third-order valence-corrected chi connectivity index (χ3v) is 4.12. The number of fused-ring (bicyclic) bond motifs is 1. The Labute approximate surface area is 105 Å². The molecule has 0 saturated heterocycles.